The molecule has 3 aromatic rings. The molecule has 2 aromatic carbocycles. The Morgan fingerprint density at radius 2 is 1.67 bits per heavy atom. The van der Waals surface area contributed by atoms with E-state index in [4.69, 9.17) is 4.74 Å². The first-order valence-electron chi connectivity index (χ1n) is 9.08. The van der Waals surface area contributed by atoms with E-state index in [1.54, 1.807) is 18.9 Å². The number of aromatic nitrogens is 3. The van der Waals surface area contributed by atoms with Crippen molar-refractivity contribution in [1.29, 1.82) is 0 Å². The summed E-state index contributed by atoms with van der Waals surface area (Å²) in [6, 6.07) is 12.4. The number of ether oxygens (including phenoxy) is 1. The fraction of sp³-hybridized carbons (Fsp3) is 0.364. The van der Waals surface area contributed by atoms with Crippen LogP contribution in [0.3, 0.4) is 0 Å². The number of benzene rings is 2. The van der Waals surface area contributed by atoms with Crippen LogP contribution in [-0.2, 0) is 11.2 Å². The van der Waals surface area contributed by atoms with Gasteiger partial charge in [0.15, 0.2) is 5.82 Å². The van der Waals surface area contributed by atoms with Crippen LogP contribution in [0.5, 0.6) is 5.75 Å². The smallest absolute Gasteiger partial charge is 0.209 e. The molecule has 0 bridgehead atoms. The average molecular weight is 382 g/mol. The topological polar surface area (TPSA) is 50.8 Å². The van der Waals surface area contributed by atoms with Crippen LogP contribution in [-0.4, -0.2) is 22.3 Å². The van der Waals surface area contributed by atoms with Crippen molar-refractivity contribution in [3.63, 3.8) is 0 Å². The molecule has 0 aliphatic heterocycles. The maximum atomic E-state index is 5.20. The number of thioether (sulfide) groups is 1. The number of nitrogens with zero attached hydrogens (tertiary/aromatic N) is 2. The molecule has 0 aliphatic rings. The summed E-state index contributed by atoms with van der Waals surface area (Å²) in [5.74, 6) is 2.47. The number of aromatic amines is 1. The normalized spacial score (nSPS) is 11.6. The second-order valence-corrected chi connectivity index (χ2v) is 8.76. The van der Waals surface area contributed by atoms with Crippen LogP contribution in [0.25, 0.3) is 11.4 Å². The largest absolute Gasteiger partial charge is 0.497 e. The van der Waals surface area contributed by atoms with E-state index in [0.29, 0.717) is 0 Å². The van der Waals surface area contributed by atoms with Gasteiger partial charge >= 0.3 is 0 Å². The van der Waals surface area contributed by atoms with Crippen molar-refractivity contribution in [3.8, 4) is 17.1 Å². The predicted octanol–water partition coefficient (Wildman–Crippen LogP) is 5.69. The minimum Gasteiger partial charge on any atom is -0.497 e. The Morgan fingerprint density at radius 3 is 2.22 bits per heavy atom. The molecule has 5 heteroatoms. The van der Waals surface area contributed by atoms with Crippen LogP contribution >= 0.6 is 11.8 Å². The lowest BCUT2D eigenvalue weighted by atomic mass is 9.84. The SMILES string of the molecule is COc1ccc(-c2nc(SCc3c(C)cc(C(C)(C)C)cc3C)n[nH]2)cc1. The highest BCUT2D eigenvalue weighted by molar-refractivity contribution is 7.98. The predicted molar refractivity (Wildman–Crippen MR) is 113 cm³/mol. The first-order chi connectivity index (χ1) is 12.8. The van der Waals surface area contributed by atoms with Crippen molar-refractivity contribution >= 4 is 11.8 Å². The van der Waals surface area contributed by atoms with E-state index in [0.717, 1.165) is 28.0 Å². The van der Waals surface area contributed by atoms with Crippen LogP contribution in [0.1, 0.15) is 43.0 Å². The number of hydrogen-bond acceptors (Lipinski definition) is 4. The monoisotopic (exact) mass is 381 g/mol. The third-order valence-electron chi connectivity index (χ3n) is 4.74. The van der Waals surface area contributed by atoms with Crippen molar-refractivity contribution in [2.45, 2.75) is 50.9 Å². The molecule has 142 valence electrons. The fourth-order valence-electron chi connectivity index (χ4n) is 2.98. The summed E-state index contributed by atoms with van der Waals surface area (Å²) in [6.45, 7) is 11.1. The summed E-state index contributed by atoms with van der Waals surface area (Å²) in [4.78, 5) is 4.62. The van der Waals surface area contributed by atoms with Crippen molar-refractivity contribution < 1.29 is 4.74 Å². The van der Waals surface area contributed by atoms with Crippen LogP contribution < -0.4 is 4.74 Å². The minimum atomic E-state index is 0.165. The summed E-state index contributed by atoms with van der Waals surface area (Å²) in [5, 5.41) is 8.16. The van der Waals surface area contributed by atoms with Gasteiger partial charge < -0.3 is 4.74 Å². The molecular formula is C22H27N3OS. The second kappa shape index (κ2) is 7.77. The van der Waals surface area contributed by atoms with E-state index in [1.165, 1.54) is 22.3 Å². The Hall–Kier alpha value is -2.27. The molecule has 0 fully saturated rings. The summed E-state index contributed by atoms with van der Waals surface area (Å²) >= 11 is 1.66. The molecule has 1 aromatic heterocycles. The molecule has 0 atom stereocenters. The quantitative estimate of drug-likeness (QED) is 0.577. The Morgan fingerprint density at radius 1 is 1.04 bits per heavy atom. The van der Waals surface area contributed by atoms with Crippen LogP contribution in [0.4, 0.5) is 0 Å². The molecule has 3 rings (SSSR count). The Labute approximate surface area is 165 Å². The highest BCUT2D eigenvalue weighted by Crippen LogP contribution is 2.30. The molecule has 0 saturated carbocycles. The van der Waals surface area contributed by atoms with Crippen molar-refractivity contribution in [2.75, 3.05) is 7.11 Å². The summed E-state index contributed by atoms with van der Waals surface area (Å²) in [7, 11) is 1.66. The number of nitrogens with one attached hydrogen (secondary N) is 1. The average Bonchev–Trinajstić information content (AvgIpc) is 3.09. The van der Waals surface area contributed by atoms with Gasteiger partial charge in [-0.1, -0.05) is 44.7 Å². The van der Waals surface area contributed by atoms with Gasteiger partial charge in [-0.15, -0.1) is 5.10 Å². The molecule has 0 amide bonds. The minimum absolute atomic E-state index is 0.165. The van der Waals surface area contributed by atoms with E-state index in [9.17, 15) is 0 Å². The molecule has 4 nitrogen and oxygen atoms in total. The lowest BCUT2D eigenvalue weighted by Gasteiger charge is -2.22. The molecule has 0 saturated heterocycles. The van der Waals surface area contributed by atoms with Gasteiger partial charge in [-0.3, -0.25) is 5.10 Å². The lowest BCUT2D eigenvalue weighted by Crippen LogP contribution is -2.12. The van der Waals surface area contributed by atoms with E-state index in [1.807, 2.05) is 24.3 Å². The zero-order valence-electron chi connectivity index (χ0n) is 16.9. The molecule has 1 N–H and O–H groups in total. The van der Waals surface area contributed by atoms with Gasteiger partial charge in [-0.2, -0.15) is 0 Å². The second-order valence-electron chi connectivity index (χ2n) is 7.82. The van der Waals surface area contributed by atoms with Gasteiger partial charge in [0, 0.05) is 11.3 Å². The van der Waals surface area contributed by atoms with Crippen LogP contribution in [0.2, 0.25) is 0 Å². The Balaban J connectivity index is 1.73. The van der Waals surface area contributed by atoms with E-state index in [-0.39, 0.29) is 5.41 Å². The molecule has 0 unspecified atom stereocenters. The number of rotatable bonds is 5. The number of H-pyrrole nitrogens is 1. The maximum Gasteiger partial charge on any atom is 0.209 e. The van der Waals surface area contributed by atoms with Crippen molar-refractivity contribution in [1.82, 2.24) is 15.2 Å². The maximum absolute atomic E-state index is 5.20. The fourth-order valence-corrected chi connectivity index (χ4v) is 3.97. The molecule has 27 heavy (non-hydrogen) atoms. The van der Waals surface area contributed by atoms with Gasteiger partial charge in [-0.25, -0.2) is 4.98 Å². The van der Waals surface area contributed by atoms with Gasteiger partial charge in [0.05, 0.1) is 7.11 Å². The lowest BCUT2D eigenvalue weighted by molar-refractivity contribution is 0.415. The van der Waals surface area contributed by atoms with E-state index < -0.39 is 0 Å². The third kappa shape index (κ3) is 4.53. The molecule has 0 radical (unpaired) electrons. The number of aryl methyl sites for hydroxylation is 2. The van der Waals surface area contributed by atoms with E-state index in [2.05, 4.69) is 61.9 Å². The van der Waals surface area contributed by atoms with Gasteiger partial charge in [0.1, 0.15) is 5.75 Å². The molecular weight excluding hydrogens is 354 g/mol. The van der Waals surface area contributed by atoms with E-state index >= 15 is 0 Å². The van der Waals surface area contributed by atoms with Crippen LogP contribution in [0, 0.1) is 13.8 Å². The standard InChI is InChI=1S/C22H27N3OS/c1-14-11-17(22(3,4)5)12-15(2)19(14)13-27-21-23-20(24-25-21)16-7-9-18(26-6)10-8-16/h7-12H,13H2,1-6H3,(H,23,24,25). The zero-order valence-corrected chi connectivity index (χ0v) is 17.7. The number of methoxy groups -OCH3 is 1. The Kier molecular flexibility index (Phi) is 5.61. The highest BCUT2D eigenvalue weighted by atomic mass is 32.2. The van der Waals surface area contributed by atoms with Gasteiger partial charge in [0.25, 0.3) is 0 Å². The first-order valence-corrected chi connectivity index (χ1v) is 10.1. The Bertz CT molecular complexity index is 900. The summed E-state index contributed by atoms with van der Waals surface area (Å²) in [5.41, 5.74) is 6.57. The third-order valence-corrected chi connectivity index (χ3v) is 5.61. The van der Waals surface area contributed by atoms with Crippen molar-refractivity contribution in [2.24, 2.45) is 0 Å². The molecule has 0 aliphatic carbocycles. The molecule has 0 spiro atoms. The number of hydrogen-bond donors (Lipinski definition) is 1. The summed E-state index contributed by atoms with van der Waals surface area (Å²) in [6.07, 6.45) is 0. The van der Waals surface area contributed by atoms with Gasteiger partial charge in [-0.05, 0) is 65.8 Å². The first kappa shape index (κ1) is 19.5. The summed E-state index contributed by atoms with van der Waals surface area (Å²) < 4.78 is 5.20. The van der Waals surface area contributed by atoms with Crippen molar-refractivity contribution in [3.05, 3.63) is 58.7 Å². The zero-order chi connectivity index (χ0) is 19.6. The molecule has 1 heterocycles. The van der Waals surface area contributed by atoms with Gasteiger partial charge in [0.2, 0.25) is 5.16 Å². The van der Waals surface area contributed by atoms with Crippen LogP contribution in [0.15, 0.2) is 41.6 Å². The highest BCUT2D eigenvalue weighted by Gasteiger charge is 2.17.